The largest absolute Gasteiger partial charge is 0.497 e. The third-order valence-electron chi connectivity index (χ3n) is 7.63. The van der Waals surface area contributed by atoms with Crippen LogP contribution in [0.2, 0.25) is 0 Å². The Labute approximate surface area is 211 Å². The maximum absolute atomic E-state index is 12.1. The molecular weight excluding hydrogens is 456 g/mol. The van der Waals surface area contributed by atoms with Gasteiger partial charge in [-0.25, -0.2) is 0 Å². The lowest BCUT2D eigenvalue weighted by molar-refractivity contribution is -0.121. The number of nitrogens with zero attached hydrogens (tertiary/aromatic N) is 1. The van der Waals surface area contributed by atoms with E-state index in [9.17, 15) is 9.59 Å². The van der Waals surface area contributed by atoms with Gasteiger partial charge in [0, 0.05) is 5.56 Å². The Hall–Kier alpha value is -3.39. The van der Waals surface area contributed by atoms with Crippen molar-refractivity contribution in [3.05, 3.63) is 59.7 Å². The Morgan fingerprint density at radius 2 is 1.33 bits per heavy atom. The van der Waals surface area contributed by atoms with Crippen molar-refractivity contribution in [1.82, 2.24) is 16.0 Å². The molecular formula is C28H34N4O4. The second-order valence-electron chi connectivity index (χ2n) is 10.0. The molecule has 190 valence electrons. The molecule has 8 heteroatoms. The summed E-state index contributed by atoms with van der Waals surface area (Å²) in [5.41, 5.74) is 1.95. The van der Waals surface area contributed by atoms with E-state index in [1.165, 1.54) is 12.8 Å². The highest BCUT2D eigenvalue weighted by atomic mass is 16.5. The number of amides is 2. The van der Waals surface area contributed by atoms with Crippen LogP contribution >= 0.6 is 0 Å². The molecule has 0 bridgehead atoms. The van der Waals surface area contributed by atoms with Gasteiger partial charge in [0.25, 0.3) is 5.91 Å². The Bertz CT molecular complexity index is 1130. The summed E-state index contributed by atoms with van der Waals surface area (Å²) >= 11 is 0. The number of benzene rings is 2. The number of nitrogens with one attached hydrogen (secondary N) is 3. The number of rotatable bonds is 4. The number of hydrogen-bond donors (Lipinski definition) is 3. The second kappa shape index (κ2) is 9.93. The SMILES string of the molecule is COc1ccc(C2=NC3(CCCC3)NC2=O)cc1.COc1ccc(C2NC3(CCCC3)NC2=O)cc1. The van der Waals surface area contributed by atoms with Gasteiger partial charge in [0.1, 0.15) is 28.9 Å². The minimum atomic E-state index is -0.313. The van der Waals surface area contributed by atoms with Crippen LogP contribution in [0.4, 0.5) is 0 Å². The molecule has 2 aliphatic carbocycles. The first-order chi connectivity index (χ1) is 17.4. The molecule has 2 aliphatic heterocycles. The number of methoxy groups -OCH3 is 2. The number of ether oxygens (including phenoxy) is 2. The average Bonchev–Trinajstić information content (AvgIpc) is 3.69. The van der Waals surface area contributed by atoms with Gasteiger partial charge < -0.3 is 20.1 Å². The molecule has 6 rings (SSSR count). The summed E-state index contributed by atoms with van der Waals surface area (Å²) in [6, 6.07) is 14.9. The van der Waals surface area contributed by atoms with Crippen molar-refractivity contribution in [3.63, 3.8) is 0 Å². The van der Waals surface area contributed by atoms with Crippen LogP contribution in [-0.2, 0) is 9.59 Å². The van der Waals surface area contributed by atoms with E-state index in [0.717, 1.165) is 61.2 Å². The Morgan fingerprint density at radius 3 is 1.92 bits per heavy atom. The van der Waals surface area contributed by atoms with Gasteiger partial charge in [0.05, 0.1) is 19.9 Å². The van der Waals surface area contributed by atoms with Gasteiger partial charge in [0.2, 0.25) is 5.91 Å². The predicted octanol–water partition coefficient (Wildman–Crippen LogP) is 3.61. The van der Waals surface area contributed by atoms with E-state index in [2.05, 4.69) is 20.9 Å². The number of carbonyl (C=O) groups excluding carboxylic acids is 2. The maximum atomic E-state index is 12.1. The summed E-state index contributed by atoms with van der Waals surface area (Å²) in [5.74, 6) is 1.63. The topological polar surface area (TPSA) is 101 Å². The van der Waals surface area contributed by atoms with Gasteiger partial charge in [0.15, 0.2) is 0 Å². The first-order valence-corrected chi connectivity index (χ1v) is 12.8. The molecule has 2 aromatic rings. The highest BCUT2D eigenvalue weighted by Crippen LogP contribution is 2.35. The molecule has 2 heterocycles. The molecule has 3 fully saturated rings. The van der Waals surface area contributed by atoms with E-state index in [1.54, 1.807) is 14.2 Å². The standard InChI is InChI=1S/C14H18N2O2.C14H16N2O2/c2*1-18-11-6-4-10(5-7-11)12-13(17)16-14(15-12)8-2-3-9-14/h4-7,12,15H,2-3,8-9H2,1H3,(H,16,17);4-7H,2-3,8-9H2,1H3,(H,16,17). The van der Waals surface area contributed by atoms with Gasteiger partial charge in [-0.15, -0.1) is 0 Å². The molecule has 1 atom stereocenters. The van der Waals surface area contributed by atoms with Crippen LogP contribution in [0.3, 0.4) is 0 Å². The average molecular weight is 491 g/mol. The van der Waals surface area contributed by atoms with Gasteiger partial charge in [-0.1, -0.05) is 12.1 Å². The van der Waals surface area contributed by atoms with Crippen LogP contribution in [0.1, 0.15) is 68.5 Å². The highest BCUT2D eigenvalue weighted by molar-refractivity contribution is 6.46. The molecule has 1 unspecified atom stereocenters. The molecule has 2 amide bonds. The zero-order valence-corrected chi connectivity index (χ0v) is 20.9. The van der Waals surface area contributed by atoms with E-state index in [-0.39, 0.29) is 29.2 Å². The van der Waals surface area contributed by atoms with Crippen molar-refractivity contribution < 1.29 is 19.1 Å². The first kappa shape index (κ1) is 24.3. The van der Waals surface area contributed by atoms with Crippen LogP contribution in [0.25, 0.3) is 0 Å². The highest BCUT2D eigenvalue weighted by Gasteiger charge is 2.45. The number of hydrogen-bond acceptors (Lipinski definition) is 6. The fraction of sp³-hybridized carbons (Fsp3) is 0.464. The minimum absolute atomic E-state index is 0.0536. The van der Waals surface area contributed by atoms with Crippen molar-refractivity contribution in [2.75, 3.05) is 14.2 Å². The van der Waals surface area contributed by atoms with Crippen LogP contribution in [0, 0.1) is 0 Å². The fourth-order valence-corrected chi connectivity index (χ4v) is 5.67. The van der Waals surface area contributed by atoms with Gasteiger partial charge in [-0.05, 0) is 93.3 Å². The molecule has 3 N–H and O–H groups in total. The fourth-order valence-electron chi connectivity index (χ4n) is 5.67. The molecule has 2 aromatic carbocycles. The van der Waals surface area contributed by atoms with E-state index in [0.29, 0.717) is 5.71 Å². The molecule has 0 radical (unpaired) electrons. The predicted molar refractivity (Wildman–Crippen MR) is 137 cm³/mol. The second-order valence-corrected chi connectivity index (χ2v) is 10.0. The van der Waals surface area contributed by atoms with Crippen molar-refractivity contribution in [2.45, 2.75) is 68.7 Å². The Kier molecular flexibility index (Phi) is 6.71. The van der Waals surface area contributed by atoms with E-state index in [1.807, 2.05) is 48.5 Å². The molecule has 2 spiro atoms. The lowest BCUT2D eigenvalue weighted by Gasteiger charge is -2.23. The monoisotopic (exact) mass is 490 g/mol. The van der Waals surface area contributed by atoms with Gasteiger partial charge >= 0.3 is 0 Å². The summed E-state index contributed by atoms with van der Waals surface area (Å²) in [5, 5.41) is 9.63. The van der Waals surface area contributed by atoms with Crippen molar-refractivity contribution in [3.8, 4) is 11.5 Å². The summed E-state index contributed by atoms with van der Waals surface area (Å²) < 4.78 is 10.2. The normalized spacial score (nSPS) is 23.2. The van der Waals surface area contributed by atoms with E-state index < -0.39 is 0 Å². The zero-order valence-electron chi connectivity index (χ0n) is 20.9. The lowest BCUT2D eigenvalue weighted by atomic mass is 10.1. The summed E-state index contributed by atoms with van der Waals surface area (Å²) in [6.07, 6.45) is 8.62. The van der Waals surface area contributed by atoms with E-state index >= 15 is 0 Å². The van der Waals surface area contributed by atoms with Gasteiger partial charge in [-0.3, -0.25) is 19.9 Å². The first-order valence-electron chi connectivity index (χ1n) is 12.8. The number of aliphatic imine (C=N–C) groups is 1. The summed E-state index contributed by atoms with van der Waals surface area (Å²) in [6.45, 7) is 0. The van der Waals surface area contributed by atoms with Crippen LogP contribution in [-0.4, -0.2) is 43.1 Å². The van der Waals surface area contributed by atoms with Crippen molar-refractivity contribution in [2.24, 2.45) is 4.99 Å². The lowest BCUT2D eigenvalue weighted by Crippen LogP contribution is -2.46. The molecule has 1 saturated heterocycles. The minimum Gasteiger partial charge on any atom is -0.497 e. The van der Waals surface area contributed by atoms with Crippen LogP contribution in [0.15, 0.2) is 53.5 Å². The quantitative estimate of drug-likeness (QED) is 0.608. The molecule has 8 nitrogen and oxygen atoms in total. The molecule has 4 aliphatic rings. The Morgan fingerprint density at radius 1 is 0.778 bits per heavy atom. The van der Waals surface area contributed by atoms with Crippen LogP contribution < -0.4 is 25.4 Å². The van der Waals surface area contributed by atoms with Crippen molar-refractivity contribution in [1.29, 1.82) is 0 Å². The number of carbonyl (C=O) groups is 2. The Balaban J connectivity index is 0.000000148. The summed E-state index contributed by atoms with van der Waals surface area (Å²) in [7, 11) is 3.27. The summed E-state index contributed by atoms with van der Waals surface area (Å²) in [4.78, 5) is 28.7. The third-order valence-corrected chi connectivity index (χ3v) is 7.63. The molecule has 2 saturated carbocycles. The maximum Gasteiger partial charge on any atom is 0.272 e. The molecule has 36 heavy (non-hydrogen) atoms. The van der Waals surface area contributed by atoms with Crippen LogP contribution in [0.5, 0.6) is 11.5 Å². The smallest absolute Gasteiger partial charge is 0.272 e. The van der Waals surface area contributed by atoms with Crippen molar-refractivity contribution >= 4 is 17.5 Å². The van der Waals surface area contributed by atoms with E-state index in [4.69, 9.17) is 9.47 Å². The zero-order chi connectivity index (χ0) is 25.2. The molecule has 0 aromatic heterocycles. The third kappa shape index (κ3) is 4.82. The van der Waals surface area contributed by atoms with Gasteiger partial charge in [-0.2, -0.15) is 0 Å².